The Hall–Kier alpha value is -2.62. The number of para-hydroxylation sites is 1. The highest BCUT2D eigenvalue weighted by Gasteiger charge is 2.06. The largest absolute Gasteiger partial charge is 0.483 e. The van der Waals surface area contributed by atoms with Crippen LogP contribution in [0.2, 0.25) is 0 Å². The first-order valence-electron chi connectivity index (χ1n) is 6.78. The maximum Gasteiger partial charge on any atom is 0.262 e. The third-order valence-electron chi connectivity index (χ3n) is 3.02. The van der Waals surface area contributed by atoms with Crippen LogP contribution >= 0.6 is 0 Å². The van der Waals surface area contributed by atoms with E-state index in [2.05, 4.69) is 12.2 Å². The van der Waals surface area contributed by atoms with Crippen LogP contribution in [-0.2, 0) is 11.2 Å². The first kappa shape index (κ1) is 14.8. The molecular formula is C17H17NO3. The van der Waals surface area contributed by atoms with Gasteiger partial charge in [-0.05, 0) is 36.2 Å². The summed E-state index contributed by atoms with van der Waals surface area (Å²) in [4.78, 5) is 22.7. The highest BCUT2D eigenvalue weighted by atomic mass is 16.5. The Kier molecular flexibility index (Phi) is 5.10. The molecule has 0 heterocycles. The van der Waals surface area contributed by atoms with Gasteiger partial charge >= 0.3 is 0 Å². The first-order valence-corrected chi connectivity index (χ1v) is 6.78. The molecule has 0 spiro atoms. The molecule has 0 aliphatic carbocycles. The van der Waals surface area contributed by atoms with Crippen molar-refractivity contribution in [1.82, 2.24) is 0 Å². The second-order valence-electron chi connectivity index (χ2n) is 4.55. The van der Waals surface area contributed by atoms with Gasteiger partial charge in [0.05, 0.1) is 5.56 Å². The minimum Gasteiger partial charge on any atom is -0.483 e. The van der Waals surface area contributed by atoms with Crippen LogP contribution in [-0.4, -0.2) is 18.8 Å². The molecule has 0 radical (unpaired) electrons. The van der Waals surface area contributed by atoms with Crippen LogP contribution in [0.15, 0.2) is 48.5 Å². The van der Waals surface area contributed by atoms with Crippen molar-refractivity contribution in [2.75, 3.05) is 11.9 Å². The van der Waals surface area contributed by atoms with Gasteiger partial charge in [-0.2, -0.15) is 0 Å². The minimum atomic E-state index is -0.260. The number of nitrogens with one attached hydrogen (secondary N) is 1. The molecule has 1 N–H and O–H groups in total. The minimum absolute atomic E-state index is 0.138. The second kappa shape index (κ2) is 7.24. The Morgan fingerprint density at radius 2 is 2.00 bits per heavy atom. The van der Waals surface area contributed by atoms with Crippen molar-refractivity contribution in [3.05, 3.63) is 59.7 Å². The maximum atomic E-state index is 11.9. The summed E-state index contributed by atoms with van der Waals surface area (Å²) in [5.41, 5.74) is 2.32. The van der Waals surface area contributed by atoms with Gasteiger partial charge in [-0.1, -0.05) is 31.2 Å². The molecule has 2 rings (SSSR count). The van der Waals surface area contributed by atoms with Crippen molar-refractivity contribution in [2.45, 2.75) is 13.3 Å². The standard InChI is InChI=1S/C17H17NO3/c1-2-13-6-5-8-15(10-13)18-17(20)12-21-16-9-4-3-7-14(16)11-19/h3-11H,2,12H2,1H3,(H,18,20). The Balaban J connectivity index is 1.94. The lowest BCUT2D eigenvalue weighted by atomic mass is 10.1. The lowest BCUT2D eigenvalue weighted by molar-refractivity contribution is -0.118. The van der Waals surface area contributed by atoms with Gasteiger partial charge in [0.15, 0.2) is 12.9 Å². The van der Waals surface area contributed by atoms with Crippen LogP contribution in [0.5, 0.6) is 5.75 Å². The predicted octanol–water partition coefficient (Wildman–Crippen LogP) is 3.08. The van der Waals surface area contributed by atoms with E-state index in [4.69, 9.17) is 4.74 Å². The van der Waals surface area contributed by atoms with Gasteiger partial charge in [0.1, 0.15) is 5.75 Å². The normalized spacial score (nSPS) is 9.95. The van der Waals surface area contributed by atoms with E-state index in [9.17, 15) is 9.59 Å². The van der Waals surface area contributed by atoms with E-state index in [1.165, 1.54) is 0 Å². The summed E-state index contributed by atoms with van der Waals surface area (Å²) in [6, 6.07) is 14.5. The van der Waals surface area contributed by atoms with E-state index >= 15 is 0 Å². The molecule has 21 heavy (non-hydrogen) atoms. The van der Waals surface area contributed by atoms with Crippen molar-refractivity contribution in [1.29, 1.82) is 0 Å². The van der Waals surface area contributed by atoms with Crippen LogP contribution < -0.4 is 10.1 Å². The molecule has 0 atom stereocenters. The molecule has 108 valence electrons. The van der Waals surface area contributed by atoms with Crippen LogP contribution in [0.1, 0.15) is 22.8 Å². The molecule has 0 aromatic heterocycles. The van der Waals surface area contributed by atoms with Crippen molar-refractivity contribution < 1.29 is 14.3 Å². The SMILES string of the molecule is CCc1cccc(NC(=O)COc2ccccc2C=O)c1. The zero-order chi connectivity index (χ0) is 15.1. The molecule has 0 fully saturated rings. The number of anilines is 1. The van der Waals surface area contributed by atoms with Gasteiger partial charge in [-0.25, -0.2) is 0 Å². The zero-order valence-corrected chi connectivity index (χ0v) is 11.8. The van der Waals surface area contributed by atoms with E-state index in [1.54, 1.807) is 24.3 Å². The Morgan fingerprint density at radius 1 is 1.19 bits per heavy atom. The predicted molar refractivity (Wildman–Crippen MR) is 81.8 cm³/mol. The maximum absolute atomic E-state index is 11.9. The zero-order valence-electron chi connectivity index (χ0n) is 11.8. The number of ether oxygens (including phenoxy) is 1. The summed E-state index contributed by atoms with van der Waals surface area (Å²) < 4.78 is 5.38. The van der Waals surface area contributed by atoms with Crippen LogP contribution in [0.3, 0.4) is 0 Å². The number of amides is 1. The van der Waals surface area contributed by atoms with Gasteiger partial charge in [0.25, 0.3) is 5.91 Å². The molecule has 4 heteroatoms. The Bertz CT molecular complexity index is 637. The molecule has 2 aromatic rings. The van der Waals surface area contributed by atoms with E-state index in [1.807, 2.05) is 24.3 Å². The van der Waals surface area contributed by atoms with Gasteiger partial charge in [0.2, 0.25) is 0 Å². The number of aryl methyl sites for hydroxylation is 1. The topological polar surface area (TPSA) is 55.4 Å². The summed E-state index contributed by atoms with van der Waals surface area (Å²) in [5, 5.41) is 2.77. The van der Waals surface area contributed by atoms with Crippen molar-refractivity contribution >= 4 is 17.9 Å². The smallest absolute Gasteiger partial charge is 0.262 e. The van der Waals surface area contributed by atoms with Gasteiger partial charge < -0.3 is 10.1 Å². The lowest BCUT2D eigenvalue weighted by Crippen LogP contribution is -2.20. The Labute approximate surface area is 123 Å². The van der Waals surface area contributed by atoms with Gasteiger partial charge in [-0.3, -0.25) is 9.59 Å². The second-order valence-corrected chi connectivity index (χ2v) is 4.55. The summed E-state index contributed by atoms with van der Waals surface area (Å²) >= 11 is 0. The fraction of sp³-hybridized carbons (Fsp3) is 0.176. The number of rotatable bonds is 6. The third-order valence-corrected chi connectivity index (χ3v) is 3.02. The molecule has 4 nitrogen and oxygen atoms in total. The number of carbonyl (C=O) groups is 2. The lowest BCUT2D eigenvalue weighted by Gasteiger charge is -2.09. The fourth-order valence-corrected chi connectivity index (χ4v) is 1.92. The van der Waals surface area contributed by atoms with Crippen molar-refractivity contribution in [3.8, 4) is 5.75 Å². The van der Waals surface area contributed by atoms with E-state index in [-0.39, 0.29) is 12.5 Å². The van der Waals surface area contributed by atoms with E-state index < -0.39 is 0 Å². The molecule has 0 bridgehead atoms. The van der Waals surface area contributed by atoms with Crippen molar-refractivity contribution in [2.24, 2.45) is 0 Å². The molecular weight excluding hydrogens is 266 g/mol. The van der Waals surface area contributed by atoms with E-state index in [0.717, 1.165) is 17.7 Å². The Morgan fingerprint density at radius 3 is 2.76 bits per heavy atom. The molecule has 0 saturated carbocycles. The quantitative estimate of drug-likeness (QED) is 0.829. The van der Waals surface area contributed by atoms with Crippen LogP contribution in [0.25, 0.3) is 0 Å². The third kappa shape index (κ3) is 4.18. The number of hydrogen-bond donors (Lipinski definition) is 1. The highest BCUT2D eigenvalue weighted by molar-refractivity contribution is 5.92. The summed E-state index contributed by atoms with van der Waals surface area (Å²) in [7, 11) is 0. The molecule has 0 aliphatic rings. The summed E-state index contributed by atoms with van der Waals surface area (Å²) in [6.07, 6.45) is 1.62. The molecule has 1 amide bonds. The van der Waals surface area contributed by atoms with Crippen LogP contribution in [0.4, 0.5) is 5.69 Å². The molecule has 0 aliphatic heterocycles. The summed E-state index contributed by atoms with van der Waals surface area (Å²) in [6.45, 7) is 1.92. The van der Waals surface area contributed by atoms with Crippen molar-refractivity contribution in [3.63, 3.8) is 0 Å². The van der Waals surface area contributed by atoms with Gasteiger partial charge in [0, 0.05) is 5.69 Å². The average molecular weight is 283 g/mol. The van der Waals surface area contributed by atoms with Gasteiger partial charge in [-0.15, -0.1) is 0 Å². The highest BCUT2D eigenvalue weighted by Crippen LogP contribution is 2.16. The average Bonchev–Trinajstić information content (AvgIpc) is 2.53. The molecule has 2 aromatic carbocycles. The fourth-order valence-electron chi connectivity index (χ4n) is 1.92. The molecule has 0 unspecified atom stereocenters. The number of aldehydes is 1. The first-order chi connectivity index (χ1) is 10.2. The summed E-state index contributed by atoms with van der Waals surface area (Å²) in [5.74, 6) is 0.147. The monoisotopic (exact) mass is 283 g/mol. The molecule has 0 saturated heterocycles. The number of carbonyl (C=O) groups excluding carboxylic acids is 2. The number of benzene rings is 2. The van der Waals surface area contributed by atoms with E-state index in [0.29, 0.717) is 17.6 Å². The van der Waals surface area contributed by atoms with Crippen LogP contribution in [0, 0.1) is 0 Å². The number of hydrogen-bond acceptors (Lipinski definition) is 3.